The quantitative estimate of drug-likeness (QED) is 0.553. The Kier molecular flexibility index (Phi) is 6.66. The zero-order chi connectivity index (χ0) is 12.7. The van der Waals surface area contributed by atoms with Gasteiger partial charge in [-0.25, -0.2) is 0 Å². The number of ketones is 1. The molecular formula is C14H22O2. The molecule has 0 aliphatic rings. The fourth-order valence-electron chi connectivity index (χ4n) is 1.60. The van der Waals surface area contributed by atoms with Crippen molar-refractivity contribution in [2.45, 2.75) is 46.6 Å². The molecule has 2 heteroatoms. The van der Waals surface area contributed by atoms with Gasteiger partial charge in [-0.2, -0.15) is 0 Å². The Morgan fingerprint density at radius 1 is 1.38 bits per heavy atom. The number of hydrogen-bond acceptors (Lipinski definition) is 2. The van der Waals surface area contributed by atoms with Gasteiger partial charge in [-0.3, -0.25) is 4.79 Å². The molecule has 0 rings (SSSR count). The first-order valence-electron chi connectivity index (χ1n) is 5.71. The summed E-state index contributed by atoms with van der Waals surface area (Å²) in [6, 6.07) is 0. The average molecular weight is 222 g/mol. The maximum atomic E-state index is 11.6. The minimum absolute atomic E-state index is 0.0322. The molecule has 2 nitrogen and oxygen atoms in total. The van der Waals surface area contributed by atoms with Crippen LogP contribution < -0.4 is 0 Å². The van der Waals surface area contributed by atoms with Crippen molar-refractivity contribution < 1.29 is 9.90 Å². The van der Waals surface area contributed by atoms with Crippen molar-refractivity contribution in [3.8, 4) is 0 Å². The summed E-state index contributed by atoms with van der Waals surface area (Å²) in [5.74, 6) is -0.0322. The van der Waals surface area contributed by atoms with E-state index in [0.717, 1.165) is 17.6 Å². The fraction of sp³-hybridized carbons (Fsp3) is 0.500. The molecule has 0 amide bonds. The molecular weight excluding hydrogens is 200 g/mol. The van der Waals surface area contributed by atoms with Crippen LogP contribution in [-0.2, 0) is 4.79 Å². The summed E-state index contributed by atoms with van der Waals surface area (Å²) in [4.78, 5) is 11.6. The van der Waals surface area contributed by atoms with Crippen molar-refractivity contribution >= 4 is 5.78 Å². The Hall–Kier alpha value is -1.15. The Morgan fingerprint density at radius 3 is 2.25 bits per heavy atom. The summed E-state index contributed by atoms with van der Waals surface area (Å²) >= 11 is 0. The van der Waals surface area contributed by atoms with Crippen molar-refractivity contribution in [2.24, 2.45) is 0 Å². The molecule has 90 valence electrons. The largest absolute Gasteiger partial charge is 0.388 e. The monoisotopic (exact) mass is 222 g/mol. The number of carbonyl (C=O) groups excluding carboxylic acids is 1. The SMILES string of the molecule is C=C/C=C(C(C)=O)\C(=C(/C)CC)C(O)CC. The van der Waals surface area contributed by atoms with Crippen LogP contribution in [-0.4, -0.2) is 17.0 Å². The van der Waals surface area contributed by atoms with Gasteiger partial charge in [-0.1, -0.05) is 38.2 Å². The van der Waals surface area contributed by atoms with Gasteiger partial charge in [0.15, 0.2) is 5.78 Å². The van der Waals surface area contributed by atoms with Crippen LogP contribution in [0, 0.1) is 0 Å². The molecule has 0 aromatic heterocycles. The zero-order valence-corrected chi connectivity index (χ0v) is 10.7. The molecule has 0 saturated carbocycles. The lowest BCUT2D eigenvalue weighted by Gasteiger charge is -2.18. The minimum Gasteiger partial charge on any atom is -0.388 e. The third-order valence-corrected chi connectivity index (χ3v) is 2.66. The van der Waals surface area contributed by atoms with Crippen LogP contribution >= 0.6 is 0 Å². The molecule has 16 heavy (non-hydrogen) atoms. The van der Waals surface area contributed by atoms with E-state index >= 15 is 0 Å². The first kappa shape index (κ1) is 14.8. The van der Waals surface area contributed by atoms with E-state index in [1.165, 1.54) is 6.92 Å². The maximum absolute atomic E-state index is 11.6. The highest BCUT2D eigenvalue weighted by atomic mass is 16.3. The van der Waals surface area contributed by atoms with Gasteiger partial charge in [0, 0.05) is 5.57 Å². The molecule has 0 aromatic carbocycles. The molecule has 0 spiro atoms. The first-order valence-corrected chi connectivity index (χ1v) is 5.71. The van der Waals surface area contributed by atoms with Crippen LogP contribution in [0.2, 0.25) is 0 Å². The van der Waals surface area contributed by atoms with Crippen LogP contribution in [0.3, 0.4) is 0 Å². The molecule has 0 bridgehead atoms. The Bertz CT molecular complexity index is 322. The van der Waals surface area contributed by atoms with E-state index in [9.17, 15) is 9.90 Å². The molecule has 1 unspecified atom stereocenters. The molecule has 0 saturated heterocycles. The van der Waals surface area contributed by atoms with E-state index in [1.807, 2.05) is 20.8 Å². The second-order valence-electron chi connectivity index (χ2n) is 3.84. The van der Waals surface area contributed by atoms with Crippen molar-refractivity contribution in [1.82, 2.24) is 0 Å². The van der Waals surface area contributed by atoms with E-state index in [1.54, 1.807) is 12.2 Å². The molecule has 0 aliphatic carbocycles. The highest BCUT2D eigenvalue weighted by Crippen LogP contribution is 2.23. The summed E-state index contributed by atoms with van der Waals surface area (Å²) in [6.45, 7) is 11.0. The van der Waals surface area contributed by atoms with Gasteiger partial charge in [0.1, 0.15) is 0 Å². The van der Waals surface area contributed by atoms with E-state index in [4.69, 9.17) is 0 Å². The Morgan fingerprint density at radius 2 is 1.94 bits per heavy atom. The topological polar surface area (TPSA) is 37.3 Å². The summed E-state index contributed by atoms with van der Waals surface area (Å²) in [5, 5.41) is 9.98. The van der Waals surface area contributed by atoms with Crippen LogP contribution in [0.5, 0.6) is 0 Å². The average Bonchev–Trinajstić information content (AvgIpc) is 2.27. The number of aliphatic hydroxyl groups is 1. The lowest BCUT2D eigenvalue weighted by molar-refractivity contribution is -0.113. The van der Waals surface area contributed by atoms with Crippen LogP contribution in [0.15, 0.2) is 35.5 Å². The van der Waals surface area contributed by atoms with Gasteiger partial charge in [0.2, 0.25) is 0 Å². The Labute approximate surface area is 98.4 Å². The standard InChI is InChI=1S/C14H22O2/c1-6-9-12(11(5)15)14(10(4)7-2)13(16)8-3/h6,9,13,16H,1,7-8H2,2-5H3/b12-9-,14-10-. The molecule has 1 atom stereocenters. The molecule has 1 N–H and O–H groups in total. The van der Waals surface area contributed by atoms with Crippen LogP contribution in [0.1, 0.15) is 40.5 Å². The maximum Gasteiger partial charge on any atom is 0.160 e. The molecule has 0 fully saturated rings. The molecule has 0 radical (unpaired) electrons. The number of Topliss-reactive ketones (excluding diaryl/α,β-unsaturated/α-hetero) is 1. The van der Waals surface area contributed by atoms with Gasteiger partial charge in [-0.05, 0) is 32.3 Å². The first-order chi connectivity index (χ1) is 7.49. The third kappa shape index (κ3) is 3.78. The van der Waals surface area contributed by atoms with Crippen molar-refractivity contribution in [3.63, 3.8) is 0 Å². The van der Waals surface area contributed by atoms with Gasteiger partial charge in [-0.15, -0.1) is 0 Å². The van der Waals surface area contributed by atoms with Crippen molar-refractivity contribution in [3.05, 3.63) is 35.5 Å². The summed E-state index contributed by atoms with van der Waals surface area (Å²) in [6.07, 6.45) is 4.12. The van der Waals surface area contributed by atoms with Gasteiger partial charge in [0.05, 0.1) is 6.10 Å². The fourth-order valence-corrected chi connectivity index (χ4v) is 1.60. The lowest BCUT2D eigenvalue weighted by atomic mass is 9.90. The number of rotatable bonds is 6. The number of allylic oxidation sites excluding steroid dienone is 3. The van der Waals surface area contributed by atoms with E-state index in [2.05, 4.69) is 6.58 Å². The molecule has 0 aliphatic heterocycles. The summed E-state index contributed by atoms with van der Waals surface area (Å²) in [5.41, 5.74) is 2.39. The van der Waals surface area contributed by atoms with Gasteiger partial charge < -0.3 is 5.11 Å². The Balaban J connectivity index is 5.58. The van der Waals surface area contributed by atoms with E-state index in [0.29, 0.717) is 12.0 Å². The second kappa shape index (κ2) is 7.18. The normalized spacial score (nSPS) is 15.4. The van der Waals surface area contributed by atoms with Gasteiger partial charge in [0.25, 0.3) is 0 Å². The predicted octanol–water partition coefficient (Wildman–Crippen LogP) is 3.19. The van der Waals surface area contributed by atoms with Crippen molar-refractivity contribution in [2.75, 3.05) is 0 Å². The van der Waals surface area contributed by atoms with Crippen molar-refractivity contribution in [1.29, 1.82) is 0 Å². The highest BCUT2D eigenvalue weighted by molar-refractivity contribution is 5.98. The van der Waals surface area contributed by atoms with E-state index < -0.39 is 6.10 Å². The minimum atomic E-state index is -0.574. The van der Waals surface area contributed by atoms with Crippen LogP contribution in [0.25, 0.3) is 0 Å². The lowest BCUT2D eigenvalue weighted by Crippen LogP contribution is -2.16. The third-order valence-electron chi connectivity index (χ3n) is 2.66. The zero-order valence-electron chi connectivity index (χ0n) is 10.7. The second-order valence-corrected chi connectivity index (χ2v) is 3.84. The predicted molar refractivity (Wildman–Crippen MR) is 68.2 cm³/mol. The molecule has 0 aromatic rings. The number of carbonyl (C=O) groups is 1. The van der Waals surface area contributed by atoms with E-state index in [-0.39, 0.29) is 5.78 Å². The van der Waals surface area contributed by atoms with Gasteiger partial charge >= 0.3 is 0 Å². The summed E-state index contributed by atoms with van der Waals surface area (Å²) < 4.78 is 0. The highest BCUT2D eigenvalue weighted by Gasteiger charge is 2.18. The smallest absolute Gasteiger partial charge is 0.160 e. The number of hydrogen-bond donors (Lipinski definition) is 1. The van der Waals surface area contributed by atoms with Crippen LogP contribution in [0.4, 0.5) is 0 Å². The summed E-state index contributed by atoms with van der Waals surface area (Å²) in [7, 11) is 0. The number of aliphatic hydroxyl groups excluding tert-OH is 1. The molecule has 0 heterocycles.